The van der Waals surface area contributed by atoms with Gasteiger partial charge in [-0.1, -0.05) is 6.92 Å². The highest BCUT2D eigenvalue weighted by Gasteiger charge is 2.35. The van der Waals surface area contributed by atoms with E-state index in [-0.39, 0.29) is 23.6 Å². The van der Waals surface area contributed by atoms with Crippen LogP contribution in [-0.4, -0.2) is 18.9 Å². The second-order valence-electron chi connectivity index (χ2n) is 3.05. The van der Waals surface area contributed by atoms with Gasteiger partial charge in [0.1, 0.15) is 5.78 Å². The molecule has 1 saturated carbocycles. The van der Waals surface area contributed by atoms with Gasteiger partial charge in [-0.15, -0.1) is 0 Å². The Morgan fingerprint density at radius 2 is 2.18 bits per heavy atom. The largest absolute Gasteiger partial charge is 0.469 e. The Bertz CT molecular complexity index is 186. The van der Waals surface area contributed by atoms with Gasteiger partial charge in [0.05, 0.1) is 13.0 Å². The van der Waals surface area contributed by atoms with E-state index in [0.717, 1.165) is 0 Å². The van der Waals surface area contributed by atoms with Crippen LogP contribution in [0, 0.1) is 11.8 Å². The molecule has 2 atom stereocenters. The summed E-state index contributed by atoms with van der Waals surface area (Å²) in [6, 6.07) is 0. The van der Waals surface area contributed by atoms with Gasteiger partial charge >= 0.3 is 5.97 Å². The number of hydrogen-bond acceptors (Lipinski definition) is 3. The van der Waals surface area contributed by atoms with Crippen LogP contribution in [0.3, 0.4) is 0 Å². The number of hydrogen-bond donors (Lipinski definition) is 0. The number of Topliss-reactive ketones (excluding diaryl/α,β-unsaturated/α-hetero) is 1. The Morgan fingerprint density at radius 3 is 2.55 bits per heavy atom. The van der Waals surface area contributed by atoms with Gasteiger partial charge in [0.15, 0.2) is 0 Å². The van der Waals surface area contributed by atoms with Crippen molar-refractivity contribution in [2.75, 3.05) is 7.11 Å². The molecule has 0 aromatic carbocycles. The van der Waals surface area contributed by atoms with E-state index in [1.165, 1.54) is 7.11 Å². The number of esters is 1. The maximum atomic E-state index is 11.0. The van der Waals surface area contributed by atoms with Crippen LogP contribution in [0.25, 0.3) is 0 Å². The van der Waals surface area contributed by atoms with Gasteiger partial charge in [0.25, 0.3) is 0 Å². The van der Waals surface area contributed by atoms with Crippen LogP contribution < -0.4 is 0 Å². The Hall–Kier alpha value is -0.860. The van der Waals surface area contributed by atoms with Crippen LogP contribution in [0.1, 0.15) is 19.8 Å². The molecular weight excluding hydrogens is 144 g/mol. The van der Waals surface area contributed by atoms with Crippen molar-refractivity contribution < 1.29 is 14.3 Å². The minimum atomic E-state index is -0.247. The summed E-state index contributed by atoms with van der Waals surface area (Å²) >= 11 is 0. The van der Waals surface area contributed by atoms with Crippen LogP contribution in [0.2, 0.25) is 0 Å². The minimum absolute atomic E-state index is 0.162. The fourth-order valence-electron chi connectivity index (χ4n) is 1.50. The first-order valence-electron chi connectivity index (χ1n) is 3.74. The van der Waals surface area contributed by atoms with E-state index in [4.69, 9.17) is 0 Å². The molecule has 0 aromatic rings. The van der Waals surface area contributed by atoms with Crippen LogP contribution in [0.5, 0.6) is 0 Å². The van der Waals surface area contributed by atoms with E-state index < -0.39 is 0 Å². The molecule has 0 unspecified atom stereocenters. The standard InChI is InChI=1S/C8H12O3/c1-5-3-6(9)4-7(5)8(10)11-2/h5,7H,3-4H2,1-2H3/t5-,7+/m1/s1. The van der Waals surface area contributed by atoms with Crippen molar-refractivity contribution in [2.24, 2.45) is 11.8 Å². The molecule has 1 fully saturated rings. The molecule has 11 heavy (non-hydrogen) atoms. The van der Waals surface area contributed by atoms with Crippen molar-refractivity contribution in [3.05, 3.63) is 0 Å². The van der Waals surface area contributed by atoms with E-state index in [9.17, 15) is 9.59 Å². The number of methoxy groups -OCH3 is 1. The predicted octanol–water partition coefficient (Wildman–Crippen LogP) is 0.775. The third-order valence-electron chi connectivity index (χ3n) is 2.19. The zero-order valence-electron chi connectivity index (χ0n) is 6.79. The van der Waals surface area contributed by atoms with Gasteiger partial charge in [-0.25, -0.2) is 0 Å². The molecule has 0 spiro atoms. The smallest absolute Gasteiger partial charge is 0.309 e. The van der Waals surface area contributed by atoms with E-state index >= 15 is 0 Å². The summed E-state index contributed by atoms with van der Waals surface area (Å²) in [5.74, 6) is -0.0984. The molecule has 0 saturated heterocycles. The van der Waals surface area contributed by atoms with Gasteiger partial charge in [0, 0.05) is 12.8 Å². The first kappa shape index (κ1) is 8.24. The fourth-order valence-corrected chi connectivity index (χ4v) is 1.50. The number of ether oxygens (including phenoxy) is 1. The van der Waals surface area contributed by atoms with Crippen molar-refractivity contribution in [3.8, 4) is 0 Å². The number of ketones is 1. The highest BCUT2D eigenvalue weighted by molar-refractivity contribution is 5.88. The third-order valence-corrected chi connectivity index (χ3v) is 2.19. The quantitative estimate of drug-likeness (QED) is 0.527. The second-order valence-corrected chi connectivity index (χ2v) is 3.05. The molecule has 1 rings (SSSR count). The maximum absolute atomic E-state index is 11.0. The Kier molecular flexibility index (Phi) is 2.27. The van der Waals surface area contributed by atoms with Crippen LogP contribution >= 0.6 is 0 Å². The normalized spacial score (nSPS) is 30.5. The zero-order chi connectivity index (χ0) is 8.43. The van der Waals surface area contributed by atoms with Gasteiger partial charge in [-0.05, 0) is 5.92 Å². The van der Waals surface area contributed by atoms with Gasteiger partial charge < -0.3 is 4.74 Å². The second kappa shape index (κ2) is 3.03. The highest BCUT2D eigenvalue weighted by Crippen LogP contribution is 2.29. The molecule has 0 amide bonds. The van der Waals surface area contributed by atoms with Gasteiger partial charge in [0.2, 0.25) is 0 Å². The molecule has 0 aromatic heterocycles. The topological polar surface area (TPSA) is 43.4 Å². The molecule has 0 aliphatic heterocycles. The first-order valence-corrected chi connectivity index (χ1v) is 3.74. The van der Waals surface area contributed by atoms with Crippen LogP contribution in [0.4, 0.5) is 0 Å². The zero-order valence-corrected chi connectivity index (χ0v) is 6.79. The number of carbonyl (C=O) groups excluding carboxylic acids is 2. The average Bonchev–Trinajstić information content (AvgIpc) is 2.28. The molecule has 0 radical (unpaired) electrons. The van der Waals surface area contributed by atoms with Crippen molar-refractivity contribution in [3.63, 3.8) is 0 Å². The van der Waals surface area contributed by atoms with Crippen LogP contribution in [0.15, 0.2) is 0 Å². The average molecular weight is 156 g/mol. The van der Waals surface area contributed by atoms with Crippen molar-refractivity contribution in [2.45, 2.75) is 19.8 Å². The highest BCUT2D eigenvalue weighted by atomic mass is 16.5. The van der Waals surface area contributed by atoms with Crippen molar-refractivity contribution >= 4 is 11.8 Å². The third kappa shape index (κ3) is 1.59. The van der Waals surface area contributed by atoms with E-state index in [1.807, 2.05) is 6.92 Å². The fraction of sp³-hybridized carbons (Fsp3) is 0.750. The lowest BCUT2D eigenvalue weighted by molar-refractivity contribution is -0.146. The van der Waals surface area contributed by atoms with E-state index in [1.54, 1.807) is 0 Å². The lowest BCUT2D eigenvalue weighted by atomic mass is 9.99. The summed E-state index contributed by atoms with van der Waals surface area (Å²) in [7, 11) is 1.36. The monoisotopic (exact) mass is 156 g/mol. The number of rotatable bonds is 1. The Labute approximate surface area is 65.7 Å². The first-order chi connectivity index (χ1) is 5.15. The Morgan fingerprint density at radius 1 is 1.55 bits per heavy atom. The van der Waals surface area contributed by atoms with Crippen molar-refractivity contribution in [1.82, 2.24) is 0 Å². The molecule has 1 aliphatic carbocycles. The lowest BCUT2D eigenvalue weighted by Gasteiger charge is -2.09. The summed E-state index contributed by atoms with van der Waals surface area (Å²) in [6.07, 6.45) is 0.896. The SMILES string of the molecule is COC(=O)[C@H]1CC(=O)C[C@H]1C. The van der Waals surface area contributed by atoms with Gasteiger partial charge in [-0.2, -0.15) is 0 Å². The molecule has 0 bridgehead atoms. The van der Waals surface area contributed by atoms with Gasteiger partial charge in [-0.3, -0.25) is 9.59 Å². The van der Waals surface area contributed by atoms with E-state index in [2.05, 4.69) is 4.74 Å². The molecule has 1 aliphatic rings. The molecule has 62 valence electrons. The molecule has 0 heterocycles. The summed E-state index contributed by atoms with van der Waals surface area (Å²) in [6.45, 7) is 1.91. The Balaban J connectivity index is 2.59. The van der Waals surface area contributed by atoms with Crippen molar-refractivity contribution in [1.29, 1.82) is 0 Å². The summed E-state index contributed by atoms with van der Waals surface area (Å²) in [5.41, 5.74) is 0. The molecule has 3 nitrogen and oxygen atoms in total. The summed E-state index contributed by atoms with van der Waals surface area (Å²) in [5, 5.41) is 0. The predicted molar refractivity (Wildman–Crippen MR) is 38.9 cm³/mol. The molecule has 3 heteroatoms. The minimum Gasteiger partial charge on any atom is -0.469 e. The van der Waals surface area contributed by atoms with E-state index in [0.29, 0.717) is 12.8 Å². The summed E-state index contributed by atoms with van der Waals surface area (Å²) < 4.78 is 4.56. The number of carbonyl (C=O) groups is 2. The lowest BCUT2D eigenvalue weighted by Crippen LogP contribution is -2.18. The van der Waals surface area contributed by atoms with Crippen LogP contribution in [-0.2, 0) is 14.3 Å². The summed E-state index contributed by atoms with van der Waals surface area (Å²) in [4.78, 5) is 21.9. The maximum Gasteiger partial charge on any atom is 0.309 e. The molecule has 0 N–H and O–H groups in total. The molecular formula is C8H12O3.